The lowest BCUT2D eigenvalue weighted by atomic mass is 10.1. The molecule has 0 aliphatic heterocycles. The van der Waals surface area contributed by atoms with Crippen LogP contribution in [0.15, 0.2) is 18.5 Å². The van der Waals surface area contributed by atoms with Gasteiger partial charge in [-0.15, -0.1) is 0 Å². The second-order valence-electron chi connectivity index (χ2n) is 3.03. The standard InChI is InChI=1S/C9H6ClN3O2/c1-5-7(13(14)15)3-2-6-8(5)11-4-12-9(6)10/h2-4H,1H3. The molecule has 0 spiro atoms. The van der Waals surface area contributed by atoms with Gasteiger partial charge < -0.3 is 0 Å². The maximum atomic E-state index is 10.7. The lowest BCUT2D eigenvalue weighted by Crippen LogP contribution is -1.94. The number of nitrogens with zero attached hydrogens (tertiary/aromatic N) is 3. The quantitative estimate of drug-likeness (QED) is 0.423. The van der Waals surface area contributed by atoms with Crippen LogP contribution in [0.3, 0.4) is 0 Å². The van der Waals surface area contributed by atoms with Crippen LogP contribution in [-0.2, 0) is 0 Å². The fraction of sp³-hybridized carbons (Fsp3) is 0.111. The zero-order chi connectivity index (χ0) is 11.0. The zero-order valence-corrected chi connectivity index (χ0v) is 8.52. The normalized spacial score (nSPS) is 10.5. The Morgan fingerprint density at radius 2 is 2.13 bits per heavy atom. The Hall–Kier alpha value is -1.75. The minimum atomic E-state index is -0.440. The minimum Gasteiger partial charge on any atom is -0.258 e. The molecule has 0 amide bonds. The molecular weight excluding hydrogens is 218 g/mol. The van der Waals surface area contributed by atoms with E-state index in [4.69, 9.17) is 11.6 Å². The summed E-state index contributed by atoms with van der Waals surface area (Å²) < 4.78 is 0. The summed E-state index contributed by atoms with van der Waals surface area (Å²) in [6.45, 7) is 1.64. The first-order chi connectivity index (χ1) is 7.11. The van der Waals surface area contributed by atoms with Gasteiger partial charge in [0.15, 0.2) is 0 Å². The molecule has 0 atom stereocenters. The van der Waals surface area contributed by atoms with Crippen LogP contribution < -0.4 is 0 Å². The van der Waals surface area contributed by atoms with E-state index in [-0.39, 0.29) is 5.69 Å². The van der Waals surface area contributed by atoms with Gasteiger partial charge in [-0.3, -0.25) is 10.1 Å². The molecule has 1 aromatic heterocycles. The van der Waals surface area contributed by atoms with E-state index >= 15 is 0 Å². The number of halogens is 1. The fourth-order valence-electron chi connectivity index (χ4n) is 1.43. The van der Waals surface area contributed by atoms with E-state index in [0.717, 1.165) is 0 Å². The average molecular weight is 224 g/mol. The Balaban J connectivity index is 2.86. The third-order valence-electron chi connectivity index (χ3n) is 2.18. The van der Waals surface area contributed by atoms with Gasteiger partial charge in [0.1, 0.15) is 11.5 Å². The summed E-state index contributed by atoms with van der Waals surface area (Å²) in [6, 6.07) is 2.97. The molecule has 5 nitrogen and oxygen atoms in total. The molecule has 0 bridgehead atoms. The molecule has 1 aromatic carbocycles. The van der Waals surface area contributed by atoms with Gasteiger partial charge in [0, 0.05) is 11.5 Å². The number of rotatable bonds is 1. The van der Waals surface area contributed by atoms with Gasteiger partial charge in [-0.2, -0.15) is 0 Å². The van der Waals surface area contributed by atoms with Gasteiger partial charge in [0.25, 0.3) is 5.69 Å². The SMILES string of the molecule is Cc1c([N+](=O)[O-])ccc2c(Cl)ncnc12. The lowest BCUT2D eigenvalue weighted by molar-refractivity contribution is -0.385. The maximum Gasteiger partial charge on any atom is 0.274 e. The molecule has 0 aliphatic rings. The van der Waals surface area contributed by atoms with Crippen LogP contribution in [0, 0.1) is 17.0 Å². The number of aryl methyl sites for hydroxylation is 1. The lowest BCUT2D eigenvalue weighted by Gasteiger charge is -2.02. The molecule has 76 valence electrons. The van der Waals surface area contributed by atoms with Gasteiger partial charge in [-0.1, -0.05) is 11.6 Å². The van der Waals surface area contributed by atoms with Crippen molar-refractivity contribution in [3.8, 4) is 0 Å². The first-order valence-electron chi connectivity index (χ1n) is 4.15. The highest BCUT2D eigenvalue weighted by Crippen LogP contribution is 2.28. The van der Waals surface area contributed by atoms with E-state index in [0.29, 0.717) is 21.6 Å². The topological polar surface area (TPSA) is 68.9 Å². The summed E-state index contributed by atoms with van der Waals surface area (Å²) in [4.78, 5) is 18.0. The maximum absolute atomic E-state index is 10.7. The minimum absolute atomic E-state index is 0.0391. The number of nitro groups is 1. The molecule has 0 saturated heterocycles. The molecule has 0 aliphatic carbocycles. The Bertz CT molecular complexity index is 556. The van der Waals surface area contributed by atoms with E-state index in [9.17, 15) is 10.1 Å². The summed E-state index contributed by atoms with van der Waals surface area (Å²) in [5.74, 6) is 0. The van der Waals surface area contributed by atoms with Crippen molar-refractivity contribution in [3.63, 3.8) is 0 Å². The molecule has 1 heterocycles. The van der Waals surface area contributed by atoms with Crippen LogP contribution in [0.4, 0.5) is 5.69 Å². The molecule has 2 rings (SSSR count). The molecule has 0 saturated carbocycles. The predicted octanol–water partition coefficient (Wildman–Crippen LogP) is 2.50. The summed E-state index contributed by atoms with van der Waals surface area (Å²) in [6.07, 6.45) is 1.29. The fourth-order valence-corrected chi connectivity index (χ4v) is 1.62. The van der Waals surface area contributed by atoms with Crippen molar-refractivity contribution >= 4 is 28.2 Å². The first-order valence-corrected chi connectivity index (χ1v) is 4.53. The van der Waals surface area contributed by atoms with Crippen LogP contribution in [0.25, 0.3) is 10.9 Å². The largest absolute Gasteiger partial charge is 0.274 e. The Morgan fingerprint density at radius 1 is 1.40 bits per heavy atom. The predicted molar refractivity (Wildman–Crippen MR) is 55.9 cm³/mol. The highest BCUT2D eigenvalue weighted by atomic mass is 35.5. The second kappa shape index (κ2) is 3.43. The molecule has 0 N–H and O–H groups in total. The molecule has 0 fully saturated rings. The third-order valence-corrected chi connectivity index (χ3v) is 2.48. The number of hydrogen-bond donors (Lipinski definition) is 0. The Morgan fingerprint density at radius 3 is 2.80 bits per heavy atom. The first kappa shape index (κ1) is 9.79. The molecule has 0 unspecified atom stereocenters. The summed E-state index contributed by atoms with van der Waals surface area (Å²) in [5, 5.41) is 11.6. The van der Waals surface area contributed by atoms with Crippen LogP contribution in [0.5, 0.6) is 0 Å². The highest BCUT2D eigenvalue weighted by Gasteiger charge is 2.15. The van der Waals surface area contributed by atoms with Crippen LogP contribution in [-0.4, -0.2) is 14.9 Å². The number of hydrogen-bond acceptors (Lipinski definition) is 4. The van der Waals surface area contributed by atoms with Crippen molar-refractivity contribution in [2.75, 3.05) is 0 Å². The second-order valence-corrected chi connectivity index (χ2v) is 3.39. The number of fused-ring (bicyclic) bond motifs is 1. The Labute approximate surface area is 89.9 Å². The number of nitro benzene ring substituents is 1. The molecule has 2 aromatic rings. The Kier molecular flexibility index (Phi) is 2.24. The van der Waals surface area contributed by atoms with Gasteiger partial charge in [0.2, 0.25) is 0 Å². The van der Waals surface area contributed by atoms with Crippen LogP contribution in [0.1, 0.15) is 5.56 Å². The number of aromatic nitrogens is 2. The van der Waals surface area contributed by atoms with Crippen molar-refractivity contribution in [2.24, 2.45) is 0 Å². The van der Waals surface area contributed by atoms with E-state index in [1.807, 2.05) is 0 Å². The molecule has 6 heteroatoms. The van der Waals surface area contributed by atoms with Gasteiger partial charge in [-0.05, 0) is 13.0 Å². The van der Waals surface area contributed by atoms with Gasteiger partial charge in [0.05, 0.1) is 16.0 Å². The van der Waals surface area contributed by atoms with Crippen molar-refractivity contribution in [3.05, 3.63) is 39.3 Å². The zero-order valence-electron chi connectivity index (χ0n) is 7.77. The molecular formula is C9H6ClN3O2. The summed E-state index contributed by atoms with van der Waals surface area (Å²) in [5.41, 5.74) is 1.06. The highest BCUT2D eigenvalue weighted by molar-refractivity contribution is 6.34. The van der Waals surface area contributed by atoms with Crippen LogP contribution in [0.2, 0.25) is 5.15 Å². The van der Waals surface area contributed by atoms with E-state index in [1.165, 1.54) is 12.4 Å². The summed E-state index contributed by atoms with van der Waals surface area (Å²) >= 11 is 5.84. The van der Waals surface area contributed by atoms with Crippen molar-refractivity contribution < 1.29 is 4.92 Å². The van der Waals surface area contributed by atoms with Gasteiger partial charge >= 0.3 is 0 Å². The van der Waals surface area contributed by atoms with Crippen molar-refractivity contribution in [1.29, 1.82) is 0 Å². The van der Waals surface area contributed by atoms with E-state index in [2.05, 4.69) is 9.97 Å². The van der Waals surface area contributed by atoms with Crippen LogP contribution >= 0.6 is 11.6 Å². The van der Waals surface area contributed by atoms with E-state index < -0.39 is 4.92 Å². The van der Waals surface area contributed by atoms with Gasteiger partial charge in [-0.25, -0.2) is 9.97 Å². The third kappa shape index (κ3) is 1.50. The molecule has 0 radical (unpaired) electrons. The average Bonchev–Trinajstić information content (AvgIpc) is 2.19. The van der Waals surface area contributed by atoms with Crippen molar-refractivity contribution in [1.82, 2.24) is 9.97 Å². The monoisotopic (exact) mass is 223 g/mol. The van der Waals surface area contributed by atoms with Crippen molar-refractivity contribution in [2.45, 2.75) is 6.92 Å². The number of benzene rings is 1. The molecule has 15 heavy (non-hydrogen) atoms. The van der Waals surface area contributed by atoms with E-state index in [1.54, 1.807) is 13.0 Å². The smallest absolute Gasteiger partial charge is 0.258 e. The summed E-state index contributed by atoms with van der Waals surface area (Å²) in [7, 11) is 0.